The van der Waals surface area contributed by atoms with E-state index in [9.17, 15) is 0 Å². The normalized spacial score (nSPS) is 17.3. The number of aromatic nitrogens is 3. The fourth-order valence-electron chi connectivity index (χ4n) is 4.57. The van der Waals surface area contributed by atoms with Gasteiger partial charge in [0, 0.05) is 66.7 Å². The molecule has 0 amide bonds. The molecule has 0 saturated carbocycles. The molecule has 0 bridgehead atoms. The molecular formula is C22H27N5O. The van der Waals surface area contributed by atoms with Crippen LogP contribution >= 0.6 is 0 Å². The zero-order valence-electron chi connectivity index (χ0n) is 16.9. The third kappa shape index (κ3) is 2.92. The SMILES string of the molecule is COc1ccc2[nH]c3c(c2c1)CN(c1nc(C)nc2c1CCN(C)CC2)CC3. The molecule has 2 aliphatic heterocycles. The zero-order chi connectivity index (χ0) is 19.3. The lowest BCUT2D eigenvalue weighted by atomic mass is 10.0. The van der Waals surface area contributed by atoms with Gasteiger partial charge in [-0.15, -0.1) is 0 Å². The van der Waals surface area contributed by atoms with Crippen LogP contribution in [0.15, 0.2) is 18.2 Å². The molecule has 6 nitrogen and oxygen atoms in total. The van der Waals surface area contributed by atoms with Gasteiger partial charge in [-0.3, -0.25) is 0 Å². The van der Waals surface area contributed by atoms with Gasteiger partial charge in [0.2, 0.25) is 0 Å². The van der Waals surface area contributed by atoms with Crippen molar-refractivity contribution in [3.05, 3.63) is 46.5 Å². The van der Waals surface area contributed by atoms with Gasteiger partial charge in [0.1, 0.15) is 17.4 Å². The molecule has 3 aromatic rings. The topological polar surface area (TPSA) is 57.3 Å². The van der Waals surface area contributed by atoms with E-state index in [0.717, 1.165) is 62.8 Å². The van der Waals surface area contributed by atoms with Crippen molar-refractivity contribution in [2.24, 2.45) is 0 Å². The van der Waals surface area contributed by atoms with E-state index < -0.39 is 0 Å². The Morgan fingerprint density at radius 2 is 1.89 bits per heavy atom. The number of likely N-dealkylation sites (N-methyl/N-ethyl adjacent to an activating group) is 1. The lowest BCUT2D eigenvalue weighted by Gasteiger charge is -2.30. The molecule has 28 heavy (non-hydrogen) atoms. The Kier molecular flexibility index (Phi) is 4.23. The van der Waals surface area contributed by atoms with Crippen LogP contribution in [0.3, 0.4) is 0 Å². The van der Waals surface area contributed by atoms with E-state index >= 15 is 0 Å². The molecule has 1 N–H and O–H groups in total. The van der Waals surface area contributed by atoms with E-state index in [1.54, 1.807) is 7.11 Å². The average Bonchev–Trinajstić information content (AvgIpc) is 2.96. The Balaban J connectivity index is 1.55. The van der Waals surface area contributed by atoms with Gasteiger partial charge >= 0.3 is 0 Å². The quantitative estimate of drug-likeness (QED) is 0.744. The first-order valence-electron chi connectivity index (χ1n) is 10.1. The first-order valence-corrected chi connectivity index (χ1v) is 10.1. The van der Waals surface area contributed by atoms with Crippen molar-refractivity contribution in [3.8, 4) is 5.75 Å². The Hall–Kier alpha value is -2.60. The molecule has 0 spiro atoms. The Morgan fingerprint density at radius 1 is 1.04 bits per heavy atom. The van der Waals surface area contributed by atoms with Crippen molar-refractivity contribution in [1.82, 2.24) is 19.9 Å². The molecule has 2 aliphatic rings. The molecule has 0 unspecified atom stereocenters. The second-order valence-electron chi connectivity index (χ2n) is 7.99. The first kappa shape index (κ1) is 17.5. The number of nitrogens with zero attached hydrogens (tertiary/aromatic N) is 4. The van der Waals surface area contributed by atoms with Gasteiger partial charge in [-0.2, -0.15) is 0 Å². The fourth-order valence-corrected chi connectivity index (χ4v) is 4.57. The van der Waals surface area contributed by atoms with Gasteiger partial charge in [-0.1, -0.05) is 0 Å². The Bertz CT molecular complexity index is 1040. The van der Waals surface area contributed by atoms with Crippen LogP contribution < -0.4 is 9.64 Å². The number of fused-ring (bicyclic) bond motifs is 4. The Labute approximate surface area is 165 Å². The van der Waals surface area contributed by atoms with Gasteiger partial charge in [0.05, 0.1) is 12.8 Å². The van der Waals surface area contributed by atoms with Crippen LogP contribution in [0, 0.1) is 6.92 Å². The van der Waals surface area contributed by atoms with Gasteiger partial charge < -0.3 is 19.5 Å². The molecule has 2 aromatic heterocycles. The minimum absolute atomic E-state index is 0.876. The van der Waals surface area contributed by atoms with Crippen molar-refractivity contribution >= 4 is 16.7 Å². The highest BCUT2D eigenvalue weighted by atomic mass is 16.5. The molecule has 0 fully saturated rings. The average molecular weight is 377 g/mol. The second-order valence-corrected chi connectivity index (χ2v) is 7.99. The molecule has 1 aromatic carbocycles. The number of aryl methyl sites for hydroxylation is 1. The summed E-state index contributed by atoms with van der Waals surface area (Å²) in [7, 11) is 3.92. The van der Waals surface area contributed by atoms with E-state index in [1.165, 1.54) is 33.4 Å². The number of rotatable bonds is 2. The second kappa shape index (κ2) is 6.78. The number of aromatic amines is 1. The van der Waals surface area contributed by atoms with Crippen molar-refractivity contribution in [2.75, 3.05) is 38.7 Å². The van der Waals surface area contributed by atoms with Gasteiger partial charge in [0.25, 0.3) is 0 Å². The number of benzene rings is 1. The molecule has 6 heteroatoms. The first-order chi connectivity index (χ1) is 13.6. The van der Waals surface area contributed by atoms with E-state index in [1.807, 2.05) is 13.0 Å². The predicted octanol–water partition coefficient (Wildman–Crippen LogP) is 2.87. The van der Waals surface area contributed by atoms with Crippen LogP contribution in [0.1, 0.15) is 28.3 Å². The molecule has 0 saturated heterocycles. The van der Waals surface area contributed by atoms with Crippen LogP contribution in [-0.2, 0) is 25.8 Å². The minimum Gasteiger partial charge on any atom is -0.497 e. The van der Waals surface area contributed by atoms with Gasteiger partial charge in [0.15, 0.2) is 0 Å². The highest BCUT2D eigenvalue weighted by molar-refractivity contribution is 5.86. The lowest BCUT2D eigenvalue weighted by molar-refractivity contribution is 0.352. The number of hydrogen-bond acceptors (Lipinski definition) is 5. The molecule has 5 rings (SSSR count). The number of methoxy groups -OCH3 is 1. The smallest absolute Gasteiger partial charge is 0.136 e. The monoisotopic (exact) mass is 377 g/mol. The highest BCUT2D eigenvalue weighted by Crippen LogP contribution is 2.34. The summed E-state index contributed by atoms with van der Waals surface area (Å²) in [5.41, 5.74) is 6.48. The summed E-state index contributed by atoms with van der Waals surface area (Å²) in [6, 6.07) is 6.29. The summed E-state index contributed by atoms with van der Waals surface area (Å²) in [6.07, 6.45) is 3.03. The summed E-state index contributed by atoms with van der Waals surface area (Å²) in [4.78, 5) is 18.1. The summed E-state index contributed by atoms with van der Waals surface area (Å²) in [6.45, 7) is 6.01. The largest absolute Gasteiger partial charge is 0.497 e. The number of anilines is 1. The van der Waals surface area contributed by atoms with Crippen LogP contribution in [-0.4, -0.2) is 53.6 Å². The van der Waals surface area contributed by atoms with E-state index in [-0.39, 0.29) is 0 Å². The third-order valence-electron chi connectivity index (χ3n) is 6.14. The van der Waals surface area contributed by atoms with E-state index in [0.29, 0.717) is 0 Å². The molecule has 0 aliphatic carbocycles. The minimum atomic E-state index is 0.876. The zero-order valence-corrected chi connectivity index (χ0v) is 16.9. The standard InChI is InChI=1S/C22H27N5O/c1-14-23-20-7-10-26(2)9-6-16(20)22(24-14)27-11-8-21-18(13-27)17-12-15(28-3)4-5-19(17)25-21/h4-5,12,25H,6-11,13H2,1-3H3. The van der Waals surface area contributed by atoms with Crippen molar-refractivity contribution in [1.29, 1.82) is 0 Å². The third-order valence-corrected chi connectivity index (χ3v) is 6.14. The number of hydrogen-bond donors (Lipinski definition) is 1. The lowest BCUT2D eigenvalue weighted by Crippen LogP contribution is -2.32. The number of H-pyrrole nitrogens is 1. The molecule has 0 atom stereocenters. The van der Waals surface area contributed by atoms with E-state index in [4.69, 9.17) is 14.7 Å². The van der Waals surface area contributed by atoms with Gasteiger partial charge in [-0.05, 0) is 38.6 Å². The van der Waals surface area contributed by atoms with Crippen LogP contribution in [0.5, 0.6) is 5.75 Å². The van der Waals surface area contributed by atoms with Gasteiger partial charge in [-0.25, -0.2) is 9.97 Å². The molecule has 146 valence electrons. The van der Waals surface area contributed by atoms with E-state index in [2.05, 4.69) is 34.0 Å². The van der Waals surface area contributed by atoms with Crippen molar-refractivity contribution < 1.29 is 4.74 Å². The molecule has 4 heterocycles. The van der Waals surface area contributed by atoms with Crippen LogP contribution in [0.4, 0.5) is 5.82 Å². The highest BCUT2D eigenvalue weighted by Gasteiger charge is 2.26. The maximum atomic E-state index is 5.46. The summed E-state index contributed by atoms with van der Waals surface area (Å²) in [5, 5.41) is 1.26. The molecular weight excluding hydrogens is 350 g/mol. The van der Waals surface area contributed by atoms with Crippen molar-refractivity contribution in [2.45, 2.75) is 32.7 Å². The predicted molar refractivity (Wildman–Crippen MR) is 111 cm³/mol. The number of ether oxygens (including phenoxy) is 1. The van der Waals surface area contributed by atoms with Crippen molar-refractivity contribution in [3.63, 3.8) is 0 Å². The summed E-state index contributed by atoms with van der Waals surface area (Å²) >= 11 is 0. The number of nitrogens with one attached hydrogen (secondary N) is 1. The van der Waals surface area contributed by atoms with Crippen LogP contribution in [0.2, 0.25) is 0 Å². The maximum Gasteiger partial charge on any atom is 0.136 e. The fraction of sp³-hybridized carbons (Fsp3) is 0.455. The van der Waals surface area contributed by atoms with Crippen LogP contribution in [0.25, 0.3) is 10.9 Å². The summed E-state index contributed by atoms with van der Waals surface area (Å²) in [5.74, 6) is 2.92. The maximum absolute atomic E-state index is 5.46. The molecule has 0 radical (unpaired) electrons. The summed E-state index contributed by atoms with van der Waals surface area (Å²) < 4.78 is 5.46. The Morgan fingerprint density at radius 3 is 2.75 bits per heavy atom.